The number of anilines is 3. The Hall–Kier alpha value is -6.14. The molecule has 0 bridgehead atoms. The molecule has 7 aromatic rings. The van der Waals surface area contributed by atoms with Gasteiger partial charge in [-0.05, 0) is 63.8 Å². The fourth-order valence-corrected chi connectivity index (χ4v) is 7.85. The van der Waals surface area contributed by atoms with Gasteiger partial charge in [0.15, 0.2) is 34.6 Å². The van der Waals surface area contributed by atoms with Gasteiger partial charge in [-0.15, -0.1) is 4.68 Å². The second kappa shape index (κ2) is 8.07. The van der Waals surface area contributed by atoms with Gasteiger partial charge in [0.1, 0.15) is 11.4 Å². The maximum Gasteiger partial charge on any atom is 0.449 e. The Morgan fingerprint density at radius 3 is 2.11 bits per heavy atom. The molecule has 11 rings (SSSR count). The SMILES string of the molecule is c1ccc(-c2ccc(-c3cn4[n+](c3)C35c6c(cccc6-4)N4c6ccccc6Oc6ccc(c3c64)Oc3cccc[n+]35)cc2)cc1. The molecule has 1 spiro atoms. The maximum absolute atomic E-state index is 6.67. The molecule has 4 aliphatic heterocycles. The van der Waals surface area contributed by atoms with Gasteiger partial charge >= 0.3 is 11.5 Å². The third-order valence-electron chi connectivity index (χ3n) is 9.66. The number of ether oxygens (including phenoxy) is 2. The molecule has 0 saturated heterocycles. The first-order valence-corrected chi connectivity index (χ1v) is 15.2. The van der Waals surface area contributed by atoms with Crippen LogP contribution in [0, 0.1) is 0 Å². The van der Waals surface area contributed by atoms with Crippen LogP contribution in [0.1, 0.15) is 11.1 Å². The number of benzene rings is 5. The van der Waals surface area contributed by atoms with Crippen LogP contribution in [0.15, 0.2) is 146 Å². The van der Waals surface area contributed by atoms with Crippen molar-refractivity contribution >= 4 is 17.1 Å². The van der Waals surface area contributed by atoms with Crippen molar-refractivity contribution in [2.24, 2.45) is 0 Å². The van der Waals surface area contributed by atoms with Crippen molar-refractivity contribution in [2.75, 3.05) is 4.90 Å². The van der Waals surface area contributed by atoms with Gasteiger partial charge in [-0.25, -0.2) is 0 Å². The second-order valence-corrected chi connectivity index (χ2v) is 11.9. The number of nitrogens with zero attached hydrogens (tertiary/aromatic N) is 4. The average molecular weight is 581 g/mol. The first kappa shape index (κ1) is 23.3. The molecule has 6 nitrogen and oxygen atoms in total. The van der Waals surface area contributed by atoms with Gasteiger partial charge in [-0.2, -0.15) is 0 Å². The zero-order chi connectivity index (χ0) is 29.3. The summed E-state index contributed by atoms with van der Waals surface area (Å²) in [6.07, 6.45) is 6.68. The van der Waals surface area contributed by atoms with E-state index < -0.39 is 5.66 Å². The highest BCUT2D eigenvalue weighted by atomic mass is 16.5. The lowest BCUT2D eigenvalue weighted by Gasteiger charge is -2.41. The molecule has 6 heterocycles. The molecule has 210 valence electrons. The molecule has 6 heteroatoms. The number of pyridine rings is 1. The van der Waals surface area contributed by atoms with Crippen molar-refractivity contribution in [1.29, 1.82) is 0 Å². The van der Waals surface area contributed by atoms with E-state index in [0.717, 1.165) is 62.6 Å². The van der Waals surface area contributed by atoms with E-state index in [9.17, 15) is 0 Å². The summed E-state index contributed by atoms with van der Waals surface area (Å²) in [6, 6.07) is 44.5. The molecule has 0 aliphatic carbocycles. The predicted molar refractivity (Wildman–Crippen MR) is 170 cm³/mol. The van der Waals surface area contributed by atoms with Crippen molar-refractivity contribution in [3.05, 3.63) is 157 Å². The van der Waals surface area contributed by atoms with E-state index in [4.69, 9.17) is 9.47 Å². The average Bonchev–Trinajstić information content (AvgIpc) is 3.66. The highest BCUT2D eigenvalue weighted by Crippen LogP contribution is 2.63. The minimum absolute atomic E-state index is 0.740. The fraction of sp³-hybridized carbons (Fsp3) is 0.0256. The molecule has 1 atom stereocenters. The van der Waals surface area contributed by atoms with Crippen LogP contribution >= 0.6 is 0 Å². The standard InChI is InChI=1S/C39H24N4O2/c1-2-9-25(10-3-1)26-16-18-27(19-17-26)28-23-41-30-12-8-13-31-36(30)39(42(41)24-28)37-33(45-35-15-6-7-22-40(35)39)20-21-34-38(37)43(31)29-11-4-5-14-32(29)44-34/h1-24H/q+2. The van der Waals surface area contributed by atoms with Crippen molar-refractivity contribution in [3.8, 4) is 51.1 Å². The monoisotopic (exact) mass is 580 g/mol. The normalized spacial score (nSPS) is 16.8. The lowest BCUT2D eigenvalue weighted by Crippen LogP contribution is -2.76. The summed E-state index contributed by atoms with van der Waals surface area (Å²) < 4.78 is 20.2. The van der Waals surface area contributed by atoms with E-state index in [-0.39, 0.29) is 0 Å². The highest BCUT2D eigenvalue weighted by Gasteiger charge is 2.72. The quantitative estimate of drug-likeness (QED) is 0.194. The van der Waals surface area contributed by atoms with Gasteiger partial charge in [0.05, 0.1) is 29.2 Å². The summed E-state index contributed by atoms with van der Waals surface area (Å²) in [5.41, 5.74) is 10.5. The summed E-state index contributed by atoms with van der Waals surface area (Å²) in [7, 11) is 0. The Bertz CT molecular complexity index is 2400. The van der Waals surface area contributed by atoms with Gasteiger partial charge in [-0.1, -0.05) is 77.4 Å². The van der Waals surface area contributed by atoms with Crippen LogP contribution in [0.25, 0.3) is 27.9 Å². The second-order valence-electron chi connectivity index (χ2n) is 11.9. The number of hydrogen-bond donors (Lipinski definition) is 0. The lowest BCUT2D eigenvalue weighted by atomic mass is 9.81. The summed E-state index contributed by atoms with van der Waals surface area (Å²) in [6.45, 7) is 0. The maximum atomic E-state index is 6.67. The minimum atomic E-state index is -0.740. The molecular formula is C39H24N4O2+2. The van der Waals surface area contributed by atoms with Gasteiger partial charge in [0, 0.05) is 6.07 Å². The van der Waals surface area contributed by atoms with E-state index in [2.05, 4.69) is 134 Å². The van der Waals surface area contributed by atoms with Crippen LogP contribution in [0.3, 0.4) is 0 Å². The summed E-state index contributed by atoms with van der Waals surface area (Å²) in [5.74, 6) is 3.26. The molecule has 0 amide bonds. The molecule has 0 fully saturated rings. The number of aromatic nitrogens is 3. The van der Waals surface area contributed by atoms with E-state index in [1.807, 2.05) is 30.3 Å². The Labute approximate surface area is 258 Å². The minimum Gasteiger partial charge on any atom is -0.453 e. The van der Waals surface area contributed by atoms with Gasteiger partial charge in [-0.3, -0.25) is 0 Å². The first-order chi connectivity index (χ1) is 22.3. The Morgan fingerprint density at radius 2 is 1.22 bits per heavy atom. The highest BCUT2D eigenvalue weighted by molar-refractivity contribution is 5.95. The molecule has 5 aromatic carbocycles. The zero-order valence-electron chi connectivity index (χ0n) is 24.0. The molecule has 1 unspecified atom stereocenters. The molecule has 45 heavy (non-hydrogen) atoms. The van der Waals surface area contributed by atoms with Gasteiger partial charge < -0.3 is 14.4 Å². The topological polar surface area (TPSA) is 34.4 Å². The number of hydrogen-bond acceptors (Lipinski definition) is 3. The van der Waals surface area contributed by atoms with E-state index >= 15 is 0 Å². The molecule has 0 saturated carbocycles. The van der Waals surface area contributed by atoms with E-state index in [1.54, 1.807) is 0 Å². The smallest absolute Gasteiger partial charge is 0.449 e. The molecular weight excluding hydrogens is 556 g/mol. The number of rotatable bonds is 2. The summed E-state index contributed by atoms with van der Waals surface area (Å²) >= 11 is 0. The van der Waals surface area contributed by atoms with Gasteiger partial charge in [0.2, 0.25) is 6.20 Å². The fourth-order valence-electron chi connectivity index (χ4n) is 7.85. The van der Waals surface area contributed by atoms with Crippen LogP contribution in [0.5, 0.6) is 23.1 Å². The molecule has 0 radical (unpaired) electrons. The van der Waals surface area contributed by atoms with Crippen molar-refractivity contribution in [1.82, 2.24) is 4.68 Å². The Balaban J connectivity index is 1.21. The molecule has 2 aromatic heterocycles. The van der Waals surface area contributed by atoms with Crippen LogP contribution in [0.2, 0.25) is 0 Å². The van der Waals surface area contributed by atoms with Crippen molar-refractivity contribution in [3.63, 3.8) is 0 Å². The summed E-state index contributed by atoms with van der Waals surface area (Å²) in [4.78, 5) is 2.36. The summed E-state index contributed by atoms with van der Waals surface area (Å²) in [5, 5.41) is 0. The van der Waals surface area contributed by atoms with E-state index in [1.165, 1.54) is 16.7 Å². The number of fused-ring (bicyclic) bond motifs is 6. The molecule has 4 aliphatic rings. The predicted octanol–water partition coefficient (Wildman–Crippen LogP) is 7.99. The van der Waals surface area contributed by atoms with Crippen molar-refractivity contribution < 1.29 is 18.7 Å². The van der Waals surface area contributed by atoms with Gasteiger partial charge in [0.25, 0.3) is 0 Å². The number of para-hydroxylation sites is 2. The first-order valence-electron chi connectivity index (χ1n) is 15.2. The third-order valence-corrected chi connectivity index (χ3v) is 9.66. The van der Waals surface area contributed by atoms with Crippen LogP contribution < -0.4 is 23.6 Å². The van der Waals surface area contributed by atoms with E-state index in [0.29, 0.717) is 0 Å². The largest absolute Gasteiger partial charge is 0.453 e. The molecule has 0 N–H and O–H groups in total. The van der Waals surface area contributed by atoms with Crippen LogP contribution in [-0.4, -0.2) is 4.68 Å². The lowest BCUT2D eigenvalue weighted by molar-refractivity contribution is -0.997. The Morgan fingerprint density at radius 1 is 0.511 bits per heavy atom. The van der Waals surface area contributed by atoms with Crippen LogP contribution in [0.4, 0.5) is 17.1 Å². The zero-order valence-corrected chi connectivity index (χ0v) is 24.0. The van der Waals surface area contributed by atoms with Crippen LogP contribution in [-0.2, 0) is 5.66 Å². The Kier molecular flexibility index (Phi) is 4.18. The third kappa shape index (κ3) is 2.76. The van der Waals surface area contributed by atoms with Crippen molar-refractivity contribution in [2.45, 2.75) is 5.66 Å².